The van der Waals surface area contributed by atoms with Crippen molar-refractivity contribution in [2.24, 2.45) is 0 Å². The summed E-state index contributed by atoms with van der Waals surface area (Å²) in [4.78, 5) is 4.49. The molecule has 1 aliphatic carbocycles. The molecular weight excluding hydrogens is 194 g/mol. The number of rotatable bonds is 0. The van der Waals surface area contributed by atoms with Gasteiger partial charge in [-0.3, -0.25) is 4.98 Å². The van der Waals surface area contributed by atoms with Gasteiger partial charge >= 0.3 is 0 Å². The van der Waals surface area contributed by atoms with E-state index in [9.17, 15) is 0 Å². The molecular formula is C15H15N. The molecule has 2 aromatic rings. The average molecular weight is 209 g/mol. The molecule has 0 aliphatic heterocycles. The molecule has 0 radical (unpaired) electrons. The third-order valence-electron chi connectivity index (χ3n) is 3.68. The van der Waals surface area contributed by atoms with Crippen molar-refractivity contribution in [3.63, 3.8) is 0 Å². The Hall–Kier alpha value is -1.63. The van der Waals surface area contributed by atoms with E-state index in [1.54, 1.807) is 0 Å². The van der Waals surface area contributed by atoms with Crippen LogP contribution in [0.1, 0.15) is 27.9 Å². The number of nitrogens with zero attached hydrogens (tertiary/aromatic N) is 1. The summed E-state index contributed by atoms with van der Waals surface area (Å²) in [5, 5.41) is 0. The van der Waals surface area contributed by atoms with Gasteiger partial charge in [-0.15, -0.1) is 0 Å². The van der Waals surface area contributed by atoms with Crippen molar-refractivity contribution in [2.75, 3.05) is 0 Å². The average Bonchev–Trinajstić information content (AvgIpc) is 2.66. The molecule has 1 nitrogen and oxygen atoms in total. The summed E-state index contributed by atoms with van der Waals surface area (Å²) in [6, 6.07) is 6.52. The Morgan fingerprint density at radius 2 is 1.94 bits per heavy atom. The minimum absolute atomic E-state index is 0.998. The molecule has 1 aliphatic rings. The van der Waals surface area contributed by atoms with Crippen molar-refractivity contribution in [1.29, 1.82) is 0 Å². The summed E-state index contributed by atoms with van der Waals surface area (Å²) >= 11 is 0. The second kappa shape index (κ2) is 3.18. The van der Waals surface area contributed by atoms with Crippen LogP contribution in [0.4, 0.5) is 0 Å². The van der Waals surface area contributed by atoms with Gasteiger partial charge in [0.05, 0.1) is 5.69 Å². The maximum atomic E-state index is 4.49. The van der Waals surface area contributed by atoms with E-state index < -0.39 is 0 Å². The highest BCUT2D eigenvalue weighted by Gasteiger charge is 2.23. The van der Waals surface area contributed by atoms with Crippen LogP contribution in [0, 0.1) is 20.8 Å². The zero-order valence-electron chi connectivity index (χ0n) is 9.96. The molecule has 80 valence electrons. The summed E-state index contributed by atoms with van der Waals surface area (Å²) in [5.74, 6) is 0. The minimum atomic E-state index is 0.998. The van der Waals surface area contributed by atoms with E-state index in [4.69, 9.17) is 0 Å². The molecule has 0 spiro atoms. The molecule has 0 atom stereocenters. The van der Waals surface area contributed by atoms with E-state index >= 15 is 0 Å². The topological polar surface area (TPSA) is 12.9 Å². The Kier molecular flexibility index (Phi) is 1.90. The lowest BCUT2D eigenvalue weighted by atomic mass is 9.93. The number of aryl methyl sites for hydroxylation is 2. The molecule has 0 N–H and O–H groups in total. The molecule has 3 rings (SSSR count). The van der Waals surface area contributed by atoms with Gasteiger partial charge < -0.3 is 0 Å². The van der Waals surface area contributed by atoms with E-state index in [0.29, 0.717) is 0 Å². The molecule has 0 saturated carbocycles. The van der Waals surface area contributed by atoms with Crippen LogP contribution in [-0.4, -0.2) is 4.98 Å². The summed E-state index contributed by atoms with van der Waals surface area (Å²) in [6.45, 7) is 6.61. The quantitative estimate of drug-likeness (QED) is 0.551. The second-order valence-corrected chi connectivity index (χ2v) is 4.66. The predicted molar refractivity (Wildman–Crippen MR) is 66.7 cm³/mol. The Balaban J connectivity index is 2.39. The smallest absolute Gasteiger partial charge is 0.0526 e. The van der Waals surface area contributed by atoms with Crippen LogP contribution in [-0.2, 0) is 6.42 Å². The molecule has 0 saturated heterocycles. The van der Waals surface area contributed by atoms with Crippen molar-refractivity contribution in [3.05, 3.63) is 52.3 Å². The van der Waals surface area contributed by atoms with Crippen molar-refractivity contribution in [2.45, 2.75) is 27.2 Å². The maximum absolute atomic E-state index is 4.49. The van der Waals surface area contributed by atoms with Crippen LogP contribution in [0.15, 0.2) is 24.4 Å². The van der Waals surface area contributed by atoms with Gasteiger partial charge in [0.15, 0.2) is 0 Å². The Morgan fingerprint density at radius 1 is 1.12 bits per heavy atom. The van der Waals surface area contributed by atoms with Crippen LogP contribution in [0.2, 0.25) is 0 Å². The van der Waals surface area contributed by atoms with Crippen molar-refractivity contribution >= 4 is 0 Å². The third-order valence-corrected chi connectivity index (χ3v) is 3.68. The molecule has 0 fully saturated rings. The lowest BCUT2D eigenvalue weighted by Gasteiger charge is -2.11. The lowest BCUT2D eigenvalue weighted by molar-refractivity contribution is 1.10. The molecule has 1 heterocycles. The Labute approximate surface area is 96.2 Å². The van der Waals surface area contributed by atoms with Gasteiger partial charge in [-0.25, -0.2) is 0 Å². The SMILES string of the molecule is Cc1cc(C)c2c(c1C)-c1cccnc1C2. The minimum Gasteiger partial charge on any atom is -0.260 e. The summed E-state index contributed by atoms with van der Waals surface area (Å²) < 4.78 is 0. The van der Waals surface area contributed by atoms with E-state index in [1.165, 1.54) is 39.1 Å². The molecule has 0 bridgehead atoms. The van der Waals surface area contributed by atoms with Gasteiger partial charge in [-0.05, 0) is 54.7 Å². The van der Waals surface area contributed by atoms with Crippen molar-refractivity contribution in [3.8, 4) is 11.1 Å². The first kappa shape index (κ1) is 9.59. The van der Waals surface area contributed by atoms with Crippen LogP contribution in [0.3, 0.4) is 0 Å². The Bertz CT molecular complexity index is 582. The summed E-state index contributed by atoms with van der Waals surface area (Å²) in [7, 11) is 0. The molecule has 16 heavy (non-hydrogen) atoms. The highest BCUT2D eigenvalue weighted by molar-refractivity contribution is 5.80. The van der Waals surface area contributed by atoms with Crippen LogP contribution < -0.4 is 0 Å². The Morgan fingerprint density at radius 3 is 2.75 bits per heavy atom. The van der Waals surface area contributed by atoms with E-state index in [1.807, 2.05) is 12.3 Å². The summed E-state index contributed by atoms with van der Waals surface area (Å²) in [5.41, 5.74) is 9.66. The molecule has 0 amide bonds. The van der Waals surface area contributed by atoms with E-state index in [0.717, 1.165) is 6.42 Å². The van der Waals surface area contributed by atoms with Gasteiger partial charge in [-0.1, -0.05) is 12.1 Å². The first-order valence-electron chi connectivity index (χ1n) is 5.72. The third kappa shape index (κ3) is 1.15. The number of aromatic nitrogens is 1. The number of hydrogen-bond donors (Lipinski definition) is 0. The summed E-state index contributed by atoms with van der Waals surface area (Å²) in [6.07, 6.45) is 2.89. The van der Waals surface area contributed by atoms with E-state index in [2.05, 4.69) is 37.9 Å². The predicted octanol–water partition coefficient (Wildman–Crippen LogP) is 3.58. The normalized spacial score (nSPS) is 12.4. The maximum Gasteiger partial charge on any atom is 0.0526 e. The van der Waals surface area contributed by atoms with Crippen LogP contribution in [0.5, 0.6) is 0 Å². The monoisotopic (exact) mass is 209 g/mol. The lowest BCUT2D eigenvalue weighted by Crippen LogP contribution is -1.92. The fourth-order valence-corrected chi connectivity index (χ4v) is 2.71. The standard InChI is InChI=1S/C15H15N/c1-9-7-10(2)13-8-14-12(5-4-6-16-14)15(13)11(9)3/h4-7H,8H2,1-3H3. The number of hydrogen-bond acceptors (Lipinski definition) is 1. The van der Waals surface area contributed by atoms with Gasteiger partial charge in [0.2, 0.25) is 0 Å². The largest absolute Gasteiger partial charge is 0.260 e. The van der Waals surface area contributed by atoms with Gasteiger partial charge in [0.25, 0.3) is 0 Å². The van der Waals surface area contributed by atoms with Crippen molar-refractivity contribution < 1.29 is 0 Å². The zero-order chi connectivity index (χ0) is 11.3. The van der Waals surface area contributed by atoms with E-state index in [-0.39, 0.29) is 0 Å². The van der Waals surface area contributed by atoms with Gasteiger partial charge in [-0.2, -0.15) is 0 Å². The van der Waals surface area contributed by atoms with Crippen molar-refractivity contribution in [1.82, 2.24) is 4.98 Å². The fraction of sp³-hybridized carbons (Fsp3) is 0.267. The molecule has 1 aromatic heterocycles. The first-order valence-corrected chi connectivity index (χ1v) is 5.72. The molecule has 1 heteroatoms. The highest BCUT2D eigenvalue weighted by Crippen LogP contribution is 2.40. The first-order chi connectivity index (χ1) is 7.68. The second-order valence-electron chi connectivity index (χ2n) is 4.66. The molecule has 1 aromatic carbocycles. The highest BCUT2D eigenvalue weighted by atomic mass is 14.7. The van der Waals surface area contributed by atoms with Crippen LogP contribution >= 0.6 is 0 Å². The number of pyridine rings is 1. The fourth-order valence-electron chi connectivity index (χ4n) is 2.71. The van der Waals surface area contributed by atoms with Crippen LogP contribution in [0.25, 0.3) is 11.1 Å². The van der Waals surface area contributed by atoms with Gasteiger partial charge in [0, 0.05) is 18.2 Å². The number of benzene rings is 1. The molecule has 0 unspecified atom stereocenters. The van der Waals surface area contributed by atoms with Gasteiger partial charge in [0.1, 0.15) is 0 Å². The number of fused-ring (bicyclic) bond motifs is 3. The zero-order valence-corrected chi connectivity index (χ0v) is 9.96.